The minimum Gasteiger partial charge on any atom is -0.484 e. The Morgan fingerprint density at radius 2 is 1.86 bits per heavy atom. The van der Waals surface area contributed by atoms with Crippen LogP contribution in [0.1, 0.15) is 18.4 Å². The maximum Gasteiger partial charge on any atom is 0.258 e. The van der Waals surface area contributed by atoms with E-state index in [9.17, 15) is 4.79 Å². The van der Waals surface area contributed by atoms with Gasteiger partial charge in [0, 0.05) is 34.4 Å². The molecule has 2 heterocycles. The van der Waals surface area contributed by atoms with Crippen molar-refractivity contribution < 1.29 is 9.53 Å². The van der Waals surface area contributed by atoms with Crippen molar-refractivity contribution in [2.75, 3.05) is 11.9 Å². The first-order valence-corrected chi connectivity index (χ1v) is 12.3. The second kappa shape index (κ2) is 9.73. The lowest BCUT2D eigenvalue weighted by molar-refractivity contribution is -0.123. The topological polar surface area (TPSA) is 105 Å². The molecule has 1 aliphatic rings. The number of nitrogens with one attached hydrogen (secondary N) is 3. The van der Waals surface area contributed by atoms with Crippen molar-refractivity contribution in [3.63, 3.8) is 0 Å². The molecule has 37 heavy (non-hydrogen) atoms. The molecule has 8 nitrogen and oxygen atoms in total. The second-order valence-corrected chi connectivity index (χ2v) is 9.26. The molecule has 0 unspecified atom stereocenters. The molecule has 1 amide bonds. The number of carbonyl (C=O) groups is 1. The number of anilines is 2. The molecule has 1 saturated carbocycles. The number of aryl methyl sites for hydroxylation is 1. The van der Waals surface area contributed by atoms with Gasteiger partial charge in [0.15, 0.2) is 12.4 Å². The van der Waals surface area contributed by atoms with Crippen LogP contribution in [0.3, 0.4) is 0 Å². The monoisotopic (exact) mass is 490 g/mol. The van der Waals surface area contributed by atoms with Gasteiger partial charge < -0.3 is 15.4 Å². The number of ether oxygens (including phenoxy) is 1. The van der Waals surface area contributed by atoms with Gasteiger partial charge >= 0.3 is 0 Å². The Balaban J connectivity index is 1.29. The van der Waals surface area contributed by atoms with Gasteiger partial charge in [-0.2, -0.15) is 5.10 Å². The van der Waals surface area contributed by atoms with Crippen molar-refractivity contribution in [2.45, 2.75) is 25.8 Å². The van der Waals surface area contributed by atoms with Crippen molar-refractivity contribution >= 4 is 28.3 Å². The summed E-state index contributed by atoms with van der Waals surface area (Å²) < 4.78 is 5.74. The number of benzene rings is 3. The molecule has 1 fully saturated rings. The SMILES string of the molecule is Cc1ccc2nc(-c3cccc(OCC(=O)NC4CC4)c3)nc(Nc3ccc(-c4cn[nH]c4)cc3)c2c1. The maximum atomic E-state index is 12.0. The van der Waals surface area contributed by atoms with Crippen LogP contribution in [0.5, 0.6) is 5.75 Å². The highest BCUT2D eigenvalue weighted by Crippen LogP contribution is 2.30. The van der Waals surface area contributed by atoms with E-state index in [0.717, 1.165) is 57.5 Å². The summed E-state index contributed by atoms with van der Waals surface area (Å²) in [4.78, 5) is 21.7. The molecule has 0 bridgehead atoms. The Bertz CT molecular complexity index is 1560. The van der Waals surface area contributed by atoms with Gasteiger partial charge in [-0.15, -0.1) is 0 Å². The van der Waals surface area contributed by atoms with Crippen LogP contribution in [-0.4, -0.2) is 38.7 Å². The van der Waals surface area contributed by atoms with E-state index in [2.05, 4.69) is 33.8 Å². The van der Waals surface area contributed by atoms with E-state index in [-0.39, 0.29) is 12.5 Å². The number of aromatic amines is 1. The molecule has 3 N–H and O–H groups in total. The fourth-order valence-corrected chi connectivity index (χ4v) is 4.13. The number of H-pyrrole nitrogens is 1. The Labute approximate surface area is 214 Å². The third-order valence-corrected chi connectivity index (χ3v) is 6.24. The van der Waals surface area contributed by atoms with E-state index >= 15 is 0 Å². The second-order valence-electron chi connectivity index (χ2n) is 9.26. The molecule has 5 aromatic rings. The van der Waals surface area contributed by atoms with Gasteiger partial charge in [-0.1, -0.05) is 35.9 Å². The number of hydrogen-bond donors (Lipinski definition) is 3. The molecule has 0 spiro atoms. The lowest BCUT2D eigenvalue weighted by Gasteiger charge is -2.13. The van der Waals surface area contributed by atoms with Gasteiger partial charge in [0.05, 0.1) is 11.7 Å². The zero-order valence-corrected chi connectivity index (χ0v) is 20.4. The zero-order chi connectivity index (χ0) is 25.2. The van der Waals surface area contributed by atoms with Gasteiger partial charge in [-0.05, 0) is 61.7 Å². The summed E-state index contributed by atoms with van der Waals surface area (Å²) in [5.74, 6) is 1.78. The molecule has 3 aromatic carbocycles. The summed E-state index contributed by atoms with van der Waals surface area (Å²) in [6.07, 6.45) is 5.76. The van der Waals surface area contributed by atoms with Crippen LogP contribution in [0.25, 0.3) is 33.4 Å². The van der Waals surface area contributed by atoms with E-state index in [1.807, 2.05) is 66.9 Å². The lowest BCUT2D eigenvalue weighted by atomic mass is 10.1. The fraction of sp³-hybridized carbons (Fsp3) is 0.172. The molecule has 0 saturated heterocycles. The highest BCUT2D eigenvalue weighted by atomic mass is 16.5. The third kappa shape index (κ3) is 5.28. The first-order valence-electron chi connectivity index (χ1n) is 12.3. The normalized spacial score (nSPS) is 12.9. The number of carbonyl (C=O) groups excluding carboxylic acids is 1. The number of hydrogen-bond acceptors (Lipinski definition) is 6. The fourth-order valence-electron chi connectivity index (χ4n) is 4.13. The summed E-state index contributed by atoms with van der Waals surface area (Å²) in [7, 11) is 0. The molecule has 2 aromatic heterocycles. The summed E-state index contributed by atoms with van der Waals surface area (Å²) in [5.41, 5.74) is 5.79. The number of amides is 1. The molecule has 0 atom stereocenters. The lowest BCUT2D eigenvalue weighted by Crippen LogP contribution is -2.30. The van der Waals surface area contributed by atoms with E-state index in [0.29, 0.717) is 17.6 Å². The van der Waals surface area contributed by atoms with Gasteiger partial charge in [-0.25, -0.2) is 9.97 Å². The van der Waals surface area contributed by atoms with Crippen molar-refractivity contribution in [3.8, 4) is 28.3 Å². The Morgan fingerprint density at radius 3 is 2.65 bits per heavy atom. The van der Waals surface area contributed by atoms with Gasteiger partial charge in [0.1, 0.15) is 11.6 Å². The van der Waals surface area contributed by atoms with Crippen molar-refractivity contribution in [1.29, 1.82) is 0 Å². The molecule has 0 aliphatic heterocycles. The Kier molecular flexibility index (Phi) is 5.98. The average molecular weight is 491 g/mol. The minimum atomic E-state index is -0.101. The van der Waals surface area contributed by atoms with Crippen LogP contribution >= 0.6 is 0 Å². The van der Waals surface area contributed by atoms with Gasteiger partial charge in [0.25, 0.3) is 5.91 Å². The molecule has 0 radical (unpaired) electrons. The standard InChI is InChI=1S/C29H26N6O2/c1-18-5-12-26-25(13-18)29(33-23-8-6-19(7-9-23)21-15-30-31-16-21)35-28(34-26)20-3-2-4-24(14-20)37-17-27(36)32-22-10-11-22/h2-9,12-16,22H,10-11,17H2,1H3,(H,30,31)(H,32,36)(H,33,34,35). The van der Waals surface area contributed by atoms with Gasteiger partial charge in [0.2, 0.25) is 0 Å². The number of nitrogens with zero attached hydrogens (tertiary/aromatic N) is 3. The van der Waals surface area contributed by atoms with E-state index < -0.39 is 0 Å². The Morgan fingerprint density at radius 1 is 1.00 bits per heavy atom. The van der Waals surface area contributed by atoms with Crippen LogP contribution in [0.4, 0.5) is 11.5 Å². The van der Waals surface area contributed by atoms with Crippen molar-refractivity contribution in [1.82, 2.24) is 25.5 Å². The van der Waals surface area contributed by atoms with E-state index in [1.54, 1.807) is 6.20 Å². The third-order valence-electron chi connectivity index (χ3n) is 6.24. The van der Waals surface area contributed by atoms with Gasteiger partial charge in [-0.3, -0.25) is 9.89 Å². The van der Waals surface area contributed by atoms with Crippen molar-refractivity contribution in [3.05, 3.63) is 84.7 Å². The largest absolute Gasteiger partial charge is 0.484 e. The first kappa shape index (κ1) is 22.7. The summed E-state index contributed by atoms with van der Waals surface area (Å²) in [5, 5.41) is 14.2. The number of rotatable bonds is 8. The smallest absolute Gasteiger partial charge is 0.258 e. The summed E-state index contributed by atoms with van der Waals surface area (Å²) in [6, 6.07) is 22.1. The molecule has 184 valence electrons. The average Bonchev–Trinajstić information content (AvgIpc) is 3.56. The number of aromatic nitrogens is 4. The molecule has 8 heteroatoms. The number of fused-ring (bicyclic) bond motifs is 1. The first-order chi connectivity index (χ1) is 18.1. The van der Waals surface area contributed by atoms with Crippen molar-refractivity contribution in [2.24, 2.45) is 0 Å². The zero-order valence-electron chi connectivity index (χ0n) is 20.4. The maximum absolute atomic E-state index is 12.0. The highest BCUT2D eigenvalue weighted by Gasteiger charge is 2.23. The predicted molar refractivity (Wildman–Crippen MR) is 144 cm³/mol. The molecular formula is C29H26N6O2. The van der Waals surface area contributed by atoms with E-state index in [1.165, 1.54) is 0 Å². The van der Waals surface area contributed by atoms with Crippen LogP contribution in [0.15, 0.2) is 79.1 Å². The highest BCUT2D eigenvalue weighted by molar-refractivity contribution is 5.93. The predicted octanol–water partition coefficient (Wildman–Crippen LogP) is 5.40. The quantitative estimate of drug-likeness (QED) is 0.269. The molecule has 6 rings (SSSR count). The summed E-state index contributed by atoms with van der Waals surface area (Å²) >= 11 is 0. The minimum absolute atomic E-state index is 0.0145. The molecular weight excluding hydrogens is 464 g/mol. The van der Waals surface area contributed by atoms with Crippen LogP contribution in [0.2, 0.25) is 0 Å². The van der Waals surface area contributed by atoms with Crippen LogP contribution in [-0.2, 0) is 4.79 Å². The molecule has 1 aliphatic carbocycles. The Hall–Kier alpha value is -4.72. The summed E-state index contributed by atoms with van der Waals surface area (Å²) in [6.45, 7) is 2.04. The van der Waals surface area contributed by atoms with Crippen LogP contribution < -0.4 is 15.4 Å². The van der Waals surface area contributed by atoms with Crippen LogP contribution in [0, 0.1) is 6.92 Å². The van der Waals surface area contributed by atoms with E-state index in [4.69, 9.17) is 14.7 Å².